The Kier molecular flexibility index (Phi) is 4.78. The summed E-state index contributed by atoms with van der Waals surface area (Å²) in [6.45, 7) is 0.199. The van der Waals surface area contributed by atoms with Crippen molar-refractivity contribution in [1.29, 1.82) is 5.26 Å². The Hall–Kier alpha value is -2.10. The van der Waals surface area contributed by atoms with Gasteiger partial charge in [0.05, 0.1) is 21.6 Å². The van der Waals surface area contributed by atoms with Crippen LogP contribution in [0.5, 0.6) is 5.75 Å². The Morgan fingerprint density at radius 1 is 1.33 bits per heavy atom. The first-order chi connectivity index (χ1) is 10.0. The minimum Gasteiger partial charge on any atom is -0.487 e. The molecule has 0 radical (unpaired) electrons. The Morgan fingerprint density at radius 2 is 2.10 bits per heavy atom. The number of hydrogen-bond donors (Lipinski definition) is 0. The monoisotopic (exact) mass is 366 g/mol. The van der Waals surface area contributed by atoms with Gasteiger partial charge in [0.2, 0.25) is 0 Å². The van der Waals surface area contributed by atoms with E-state index >= 15 is 0 Å². The second-order valence-corrected chi connectivity index (χ2v) is 5.34. The molecule has 0 saturated carbocycles. The first kappa shape index (κ1) is 15.3. The minimum atomic E-state index is -0.465. The fourth-order valence-corrected chi connectivity index (χ4v) is 2.33. The molecule has 7 heteroatoms. The molecule has 106 valence electrons. The topological polar surface area (TPSA) is 76.2 Å². The molecule has 0 aliphatic heterocycles. The molecule has 5 nitrogen and oxygen atoms in total. The third-order valence-corrected chi connectivity index (χ3v) is 3.73. The van der Waals surface area contributed by atoms with Crippen molar-refractivity contribution in [3.8, 4) is 11.8 Å². The van der Waals surface area contributed by atoms with E-state index in [1.165, 1.54) is 18.2 Å². The van der Waals surface area contributed by atoms with Gasteiger partial charge in [0.1, 0.15) is 12.4 Å². The zero-order valence-corrected chi connectivity index (χ0v) is 12.9. The highest BCUT2D eigenvalue weighted by atomic mass is 79.9. The Labute approximate surface area is 134 Å². The lowest BCUT2D eigenvalue weighted by Crippen LogP contribution is -1.98. The van der Waals surface area contributed by atoms with Crippen LogP contribution in [0.4, 0.5) is 5.69 Å². The van der Waals surface area contributed by atoms with Gasteiger partial charge in [0.25, 0.3) is 5.69 Å². The van der Waals surface area contributed by atoms with E-state index in [9.17, 15) is 10.1 Å². The second-order valence-electron chi connectivity index (χ2n) is 4.08. The quantitative estimate of drug-likeness (QED) is 0.590. The normalized spacial score (nSPS) is 9.95. The number of nitriles is 1. The van der Waals surface area contributed by atoms with E-state index in [4.69, 9.17) is 21.6 Å². The summed E-state index contributed by atoms with van der Waals surface area (Å²) in [7, 11) is 0. The van der Waals surface area contributed by atoms with Crippen LogP contribution >= 0.6 is 27.5 Å². The van der Waals surface area contributed by atoms with Crippen molar-refractivity contribution in [3.05, 3.63) is 67.1 Å². The van der Waals surface area contributed by atoms with Crippen molar-refractivity contribution >= 4 is 33.2 Å². The molecule has 2 aromatic carbocycles. The van der Waals surface area contributed by atoms with Gasteiger partial charge < -0.3 is 4.74 Å². The van der Waals surface area contributed by atoms with Crippen molar-refractivity contribution in [2.45, 2.75) is 6.61 Å². The van der Waals surface area contributed by atoms with Crippen LogP contribution in [0, 0.1) is 21.4 Å². The maximum absolute atomic E-state index is 10.7. The van der Waals surface area contributed by atoms with Crippen LogP contribution in [-0.4, -0.2) is 4.92 Å². The minimum absolute atomic E-state index is 0.00188. The van der Waals surface area contributed by atoms with Crippen LogP contribution in [-0.2, 0) is 6.61 Å². The number of nitro benzene ring substituents is 1. The van der Waals surface area contributed by atoms with Gasteiger partial charge >= 0.3 is 0 Å². The first-order valence-electron chi connectivity index (χ1n) is 5.76. The summed E-state index contributed by atoms with van der Waals surface area (Å²) in [4.78, 5) is 10.2. The van der Waals surface area contributed by atoms with E-state index < -0.39 is 4.92 Å². The second kappa shape index (κ2) is 6.57. The highest BCUT2D eigenvalue weighted by molar-refractivity contribution is 9.10. The molecule has 0 aliphatic carbocycles. The van der Waals surface area contributed by atoms with Gasteiger partial charge in [-0.05, 0) is 24.3 Å². The molecular formula is C14H8BrClN2O3. The maximum atomic E-state index is 10.7. The molecule has 0 bridgehead atoms. The molecule has 0 atom stereocenters. The molecule has 0 fully saturated rings. The van der Waals surface area contributed by atoms with Gasteiger partial charge in [-0.25, -0.2) is 0 Å². The van der Waals surface area contributed by atoms with Crippen LogP contribution in [0.3, 0.4) is 0 Å². The molecule has 2 aromatic rings. The van der Waals surface area contributed by atoms with E-state index in [1.54, 1.807) is 18.2 Å². The lowest BCUT2D eigenvalue weighted by Gasteiger charge is -2.09. The maximum Gasteiger partial charge on any atom is 0.270 e. The van der Waals surface area contributed by atoms with Gasteiger partial charge in [-0.15, -0.1) is 0 Å². The van der Waals surface area contributed by atoms with E-state index in [2.05, 4.69) is 15.9 Å². The zero-order chi connectivity index (χ0) is 15.4. The summed E-state index contributed by atoms with van der Waals surface area (Å²) in [6, 6.07) is 11.1. The Bertz CT molecular complexity index is 743. The predicted octanol–water partition coefficient (Wildman–Crippen LogP) is 4.46. The van der Waals surface area contributed by atoms with Crippen LogP contribution in [0.2, 0.25) is 5.02 Å². The van der Waals surface area contributed by atoms with Crippen molar-refractivity contribution in [2.75, 3.05) is 0 Å². The largest absolute Gasteiger partial charge is 0.487 e. The molecule has 0 spiro atoms. The lowest BCUT2D eigenvalue weighted by molar-refractivity contribution is -0.384. The van der Waals surface area contributed by atoms with Crippen molar-refractivity contribution in [3.63, 3.8) is 0 Å². The third-order valence-electron chi connectivity index (χ3n) is 2.69. The van der Waals surface area contributed by atoms with Gasteiger partial charge in [0, 0.05) is 22.2 Å². The molecule has 0 aliphatic rings. The van der Waals surface area contributed by atoms with Gasteiger partial charge in [0.15, 0.2) is 0 Å². The summed E-state index contributed by atoms with van der Waals surface area (Å²) in [6.07, 6.45) is 0. The standard InChI is InChI=1S/C14H8BrClN2O3/c15-12-6-11(18(19)20)3-2-10(12)8-21-14-4-1-9(7-17)5-13(14)16/h1-6H,8H2. The van der Waals surface area contributed by atoms with E-state index in [1.807, 2.05) is 6.07 Å². The van der Waals surface area contributed by atoms with Crippen molar-refractivity contribution < 1.29 is 9.66 Å². The van der Waals surface area contributed by atoms with Gasteiger partial charge in [-0.1, -0.05) is 27.5 Å². The molecular weight excluding hydrogens is 360 g/mol. The third kappa shape index (κ3) is 3.72. The number of ether oxygens (including phenoxy) is 1. The number of rotatable bonds is 4. The van der Waals surface area contributed by atoms with E-state index in [0.29, 0.717) is 20.8 Å². The summed E-state index contributed by atoms with van der Waals surface area (Å²) in [5, 5.41) is 19.8. The van der Waals surface area contributed by atoms with Crippen molar-refractivity contribution in [1.82, 2.24) is 0 Å². The molecule has 2 rings (SSSR count). The number of hydrogen-bond acceptors (Lipinski definition) is 4. The molecule has 0 amide bonds. The summed E-state index contributed by atoms with van der Waals surface area (Å²) in [5.74, 6) is 0.445. The van der Waals surface area contributed by atoms with Crippen LogP contribution in [0.1, 0.15) is 11.1 Å². The van der Waals surface area contributed by atoms with Gasteiger partial charge in [-0.3, -0.25) is 10.1 Å². The molecule has 0 aromatic heterocycles. The highest BCUT2D eigenvalue weighted by Crippen LogP contribution is 2.28. The van der Waals surface area contributed by atoms with Gasteiger partial charge in [-0.2, -0.15) is 5.26 Å². The Morgan fingerprint density at radius 3 is 2.67 bits per heavy atom. The molecule has 0 unspecified atom stereocenters. The summed E-state index contributed by atoms with van der Waals surface area (Å²) >= 11 is 9.27. The molecule has 0 N–H and O–H groups in total. The molecule has 0 saturated heterocycles. The fourth-order valence-electron chi connectivity index (χ4n) is 1.61. The van der Waals surface area contributed by atoms with Crippen molar-refractivity contribution in [2.24, 2.45) is 0 Å². The number of non-ortho nitro benzene ring substituents is 1. The number of benzene rings is 2. The smallest absolute Gasteiger partial charge is 0.270 e. The Balaban J connectivity index is 2.13. The summed E-state index contributed by atoms with van der Waals surface area (Å²) in [5.41, 5.74) is 1.20. The average molecular weight is 368 g/mol. The van der Waals surface area contributed by atoms with E-state index in [0.717, 1.165) is 5.56 Å². The molecule has 0 heterocycles. The number of nitro groups is 1. The van der Waals surface area contributed by atoms with Crippen LogP contribution in [0.15, 0.2) is 40.9 Å². The number of halogens is 2. The summed E-state index contributed by atoms with van der Waals surface area (Å²) < 4.78 is 6.15. The lowest BCUT2D eigenvalue weighted by atomic mass is 10.2. The first-order valence-corrected chi connectivity index (χ1v) is 6.93. The number of nitrogens with zero attached hydrogens (tertiary/aromatic N) is 2. The fraction of sp³-hybridized carbons (Fsp3) is 0.0714. The molecule has 21 heavy (non-hydrogen) atoms. The van der Waals surface area contributed by atoms with Crippen LogP contribution < -0.4 is 4.74 Å². The average Bonchev–Trinajstić information content (AvgIpc) is 2.46. The zero-order valence-electron chi connectivity index (χ0n) is 10.5. The van der Waals surface area contributed by atoms with E-state index in [-0.39, 0.29) is 12.3 Å². The van der Waals surface area contributed by atoms with Crippen LogP contribution in [0.25, 0.3) is 0 Å². The SMILES string of the molecule is N#Cc1ccc(OCc2ccc([N+](=O)[O-])cc2Br)c(Cl)c1. The predicted molar refractivity (Wildman–Crippen MR) is 81.3 cm³/mol. The highest BCUT2D eigenvalue weighted by Gasteiger charge is 2.10.